The molecule has 0 spiro atoms. The highest BCUT2D eigenvalue weighted by Crippen LogP contribution is 2.28. The first-order valence-corrected chi connectivity index (χ1v) is 11.2. The lowest BCUT2D eigenvalue weighted by atomic mass is 9.93. The maximum Gasteiger partial charge on any atom is 0.222 e. The summed E-state index contributed by atoms with van der Waals surface area (Å²) in [5, 5.41) is -0.416. The molecule has 1 aromatic rings. The van der Waals surface area contributed by atoms with Crippen molar-refractivity contribution >= 4 is 15.7 Å². The highest BCUT2D eigenvalue weighted by Gasteiger charge is 2.36. The molecule has 0 N–H and O–H groups in total. The Labute approximate surface area is 152 Å². The number of carbonyl (C=O) groups is 1. The summed E-state index contributed by atoms with van der Waals surface area (Å²) >= 11 is 0. The van der Waals surface area contributed by atoms with Gasteiger partial charge in [-0.1, -0.05) is 51.0 Å². The molecule has 0 radical (unpaired) electrons. The molecule has 1 aromatic carbocycles. The van der Waals surface area contributed by atoms with Crippen molar-refractivity contribution in [3.63, 3.8) is 0 Å². The molecule has 4 nitrogen and oxygen atoms in total. The number of aryl methyl sites for hydroxylation is 1. The number of benzene rings is 1. The van der Waals surface area contributed by atoms with Crippen molar-refractivity contribution in [2.24, 2.45) is 0 Å². The first kappa shape index (κ1) is 20.0. The summed E-state index contributed by atoms with van der Waals surface area (Å²) in [6.45, 7) is 4.33. The van der Waals surface area contributed by atoms with Crippen LogP contribution in [0.5, 0.6) is 0 Å². The maximum absolute atomic E-state index is 12.6. The summed E-state index contributed by atoms with van der Waals surface area (Å²) in [7, 11) is -1.37. The Bertz CT molecular complexity index is 679. The van der Waals surface area contributed by atoms with Gasteiger partial charge < -0.3 is 4.90 Å². The highest BCUT2D eigenvalue weighted by molar-refractivity contribution is 7.91. The molecule has 0 bridgehead atoms. The van der Waals surface area contributed by atoms with Gasteiger partial charge in [-0.15, -0.1) is 0 Å². The van der Waals surface area contributed by atoms with Crippen molar-refractivity contribution in [1.82, 2.24) is 4.90 Å². The van der Waals surface area contributed by atoms with Crippen molar-refractivity contribution in [2.75, 3.05) is 13.3 Å². The van der Waals surface area contributed by atoms with E-state index in [9.17, 15) is 13.2 Å². The quantitative estimate of drug-likeness (QED) is 0.774. The summed E-state index contributed by atoms with van der Waals surface area (Å²) in [4.78, 5) is 14.3. The highest BCUT2D eigenvalue weighted by atomic mass is 32.2. The lowest BCUT2D eigenvalue weighted by Gasteiger charge is -2.37. The second-order valence-electron chi connectivity index (χ2n) is 7.62. The van der Waals surface area contributed by atoms with E-state index < -0.39 is 15.1 Å². The van der Waals surface area contributed by atoms with Crippen molar-refractivity contribution in [2.45, 2.75) is 69.6 Å². The molecular formula is C20H31NO3S. The van der Waals surface area contributed by atoms with E-state index in [-0.39, 0.29) is 11.9 Å². The fraction of sp³-hybridized carbons (Fsp3) is 0.650. The number of hydrogen-bond donors (Lipinski definition) is 0. The molecule has 0 unspecified atom stereocenters. The summed E-state index contributed by atoms with van der Waals surface area (Å²) in [5.41, 5.74) is 2.44. The van der Waals surface area contributed by atoms with Crippen LogP contribution in [0.2, 0.25) is 0 Å². The normalized spacial score (nSPS) is 21.3. The number of amides is 1. The van der Waals surface area contributed by atoms with Gasteiger partial charge in [0.05, 0.1) is 5.25 Å². The van der Waals surface area contributed by atoms with Gasteiger partial charge in [0.2, 0.25) is 5.91 Å². The molecule has 1 aliphatic carbocycles. The van der Waals surface area contributed by atoms with Gasteiger partial charge in [-0.3, -0.25) is 4.79 Å². The van der Waals surface area contributed by atoms with Gasteiger partial charge in [0.15, 0.2) is 9.84 Å². The monoisotopic (exact) mass is 365 g/mol. The van der Waals surface area contributed by atoms with Gasteiger partial charge in [-0.2, -0.15) is 0 Å². The molecular weight excluding hydrogens is 334 g/mol. The minimum atomic E-state index is -3.13. The summed E-state index contributed by atoms with van der Waals surface area (Å²) in [6, 6.07) is 8.23. The van der Waals surface area contributed by atoms with Crippen LogP contribution < -0.4 is 0 Å². The lowest BCUT2D eigenvalue weighted by Crippen LogP contribution is -2.49. The van der Waals surface area contributed by atoms with Crippen LogP contribution in [-0.2, 0) is 21.1 Å². The van der Waals surface area contributed by atoms with Gasteiger partial charge in [0.1, 0.15) is 0 Å². The molecule has 2 atom stereocenters. The first-order valence-electron chi connectivity index (χ1n) is 9.23. The minimum absolute atomic E-state index is 0.0356. The van der Waals surface area contributed by atoms with Gasteiger partial charge in [-0.05, 0) is 36.3 Å². The van der Waals surface area contributed by atoms with Crippen LogP contribution in [0, 0.1) is 0 Å². The fourth-order valence-corrected chi connectivity index (χ4v) is 5.19. The zero-order valence-electron chi connectivity index (χ0n) is 15.9. The van der Waals surface area contributed by atoms with E-state index >= 15 is 0 Å². The third kappa shape index (κ3) is 5.30. The Hall–Kier alpha value is -1.36. The molecule has 0 heterocycles. The lowest BCUT2D eigenvalue weighted by molar-refractivity contribution is -0.132. The molecule has 2 rings (SSSR count). The van der Waals surface area contributed by atoms with E-state index in [2.05, 4.69) is 38.1 Å². The van der Waals surface area contributed by atoms with Crippen molar-refractivity contribution < 1.29 is 13.2 Å². The maximum atomic E-state index is 12.6. The molecule has 1 fully saturated rings. The van der Waals surface area contributed by atoms with Crippen LogP contribution in [0.4, 0.5) is 0 Å². The van der Waals surface area contributed by atoms with E-state index in [1.165, 1.54) is 11.8 Å². The van der Waals surface area contributed by atoms with E-state index in [0.717, 1.165) is 24.8 Å². The smallest absolute Gasteiger partial charge is 0.222 e. The average molecular weight is 366 g/mol. The Balaban J connectivity index is 1.97. The molecule has 5 heteroatoms. The molecule has 0 aliphatic heterocycles. The molecule has 0 aromatic heterocycles. The third-order valence-corrected chi connectivity index (χ3v) is 7.03. The van der Waals surface area contributed by atoms with Crippen molar-refractivity contribution in [1.29, 1.82) is 0 Å². The van der Waals surface area contributed by atoms with Crippen molar-refractivity contribution in [3.8, 4) is 0 Å². The second kappa shape index (κ2) is 8.35. The van der Waals surface area contributed by atoms with E-state index in [4.69, 9.17) is 0 Å². The predicted octanol–water partition coefficient (Wildman–Crippen LogP) is 3.56. The summed E-state index contributed by atoms with van der Waals surface area (Å²) in [6.07, 6.45) is 5.77. The van der Waals surface area contributed by atoms with Gasteiger partial charge in [-0.25, -0.2) is 8.42 Å². The molecule has 1 amide bonds. The second-order valence-corrected chi connectivity index (χ2v) is 9.89. The zero-order chi connectivity index (χ0) is 18.6. The zero-order valence-corrected chi connectivity index (χ0v) is 16.7. The summed E-state index contributed by atoms with van der Waals surface area (Å²) < 4.78 is 24.1. The average Bonchev–Trinajstić information content (AvgIpc) is 2.58. The molecule has 1 aliphatic rings. The molecule has 0 saturated heterocycles. The van der Waals surface area contributed by atoms with Crippen LogP contribution in [0.3, 0.4) is 0 Å². The van der Waals surface area contributed by atoms with Gasteiger partial charge in [0, 0.05) is 25.8 Å². The Morgan fingerprint density at radius 1 is 1.16 bits per heavy atom. The predicted molar refractivity (Wildman–Crippen MR) is 103 cm³/mol. The number of nitrogens with zero attached hydrogens (tertiary/aromatic N) is 1. The minimum Gasteiger partial charge on any atom is -0.341 e. The Morgan fingerprint density at radius 2 is 1.76 bits per heavy atom. The number of sulfone groups is 1. The van der Waals surface area contributed by atoms with E-state index in [0.29, 0.717) is 25.2 Å². The van der Waals surface area contributed by atoms with E-state index in [1.807, 2.05) is 0 Å². The number of carbonyl (C=O) groups excluding carboxylic acids is 1. The topological polar surface area (TPSA) is 54.5 Å². The van der Waals surface area contributed by atoms with Crippen LogP contribution in [0.25, 0.3) is 0 Å². The largest absolute Gasteiger partial charge is 0.341 e. The molecule has 140 valence electrons. The van der Waals surface area contributed by atoms with Gasteiger partial charge in [0.25, 0.3) is 0 Å². The Kier molecular flexibility index (Phi) is 6.66. The van der Waals surface area contributed by atoms with Crippen LogP contribution >= 0.6 is 0 Å². The molecule has 1 saturated carbocycles. The SMILES string of the molecule is CC(C)c1ccc(CCC(=O)N(C)[C@@H]2CCCC[C@@H]2S(C)(=O)=O)cc1. The Morgan fingerprint density at radius 3 is 2.32 bits per heavy atom. The third-order valence-electron chi connectivity index (χ3n) is 5.38. The van der Waals surface area contributed by atoms with E-state index in [1.54, 1.807) is 11.9 Å². The van der Waals surface area contributed by atoms with Crippen LogP contribution in [-0.4, -0.2) is 43.8 Å². The van der Waals surface area contributed by atoms with Crippen LogP contribution in [0.1, 0.15) is 63.0 Å². The summed E-state index contributed by atoms with van der Waals surface area (Å²) in [5.74, 6) is 0.537. The fourth-order valence-electron chi connectivity index (χ4n) is 3.70. The molecule has 25 heavy (non-hydrogen) atoms. The van der Waals surface area contributed by atoms with Crippen molar-refractivity contribution in [3.05, 3.63) is 35.4 Å². The number of rotatable bonds is 6. The standard InChI is InChI=1S/C20H31NO3S/c1-15(2)17-12-9-16(10-13-17)11-14-20(22)21(3)18-7-5-6-8-19(18)25(4,23)24/h9-10,12-13,15,18-19H,5-8,11,14H2,1-4H3/t18-,19+/m1/s1. The number of hydrogen-bond acceptors (Lipinski definition) is 3. The van der Waals surface area contributed by atoms with Crippen LogP contribution in [0.15, 0.2) is 24.3 Å². The van der Waals surface area contributed by atoms with Gasteiger partial charge >= 0.3 is 0 Å². The first-order chi connectivity index (χ1) is 11.7.